The summed E-state index contributed by atoms with van der Waals surface area (Å²) < 4.78 is 0. The van der Waals surface area contributed by atoms with Crippen LogP contribution in [0.2, 0.25) is 0 Å². The molecular weight excluding hydrogens is 334 g/mol. The van der Waals surface area contributed by atoms with Crippen molar-refractivity contribution in [1.29, 1.82) is 0 Å². The first-order valence-electron chi connectivity index (χ1n) is 8.57. The van der Waals surface area contributed by atoms with E-state index in [9.17, 15) is 9.59 Å². The van der Waals surface area contributed by atoms with E-state index in [-0.39, 0.29) is 18.0 Å². The first kappa shape index (κ1) is 18.1. The fourth-order valence-electron chi connectivity index (χ4n) is 3.56. The second kappa shape index (κ2) is 7.67. The summed E-state index contributed by atoms with van der Waals surface area (Å²) in [5.41, 5.74) is 3.62. The van der Waals surface area contributed by atoms with Gasteiger partial charge in [0.05, 0.1) is 0 Å². The molecule has 1 aromatic carbocycles. The Balaban J connectivity index is 1.64. The van der Waals surface area contributed by atoms with Gasteiger partial charge in [-0.1, -0.05) is 12.1 Å². The number of benzene rings is 1. The lowest BCUT2D eigenvalue weighted by Crippen LogP contribution is -2.58. The Morgan fingerprint density at radius 1 is 1.19 bits per heavy atom. The van der Waals surface area contributed by atoms with E-state index in [2.05, 4.69) is 15.1 Å². The predicted molar refractivity (Wildman–Crippen MR) is 94.7 cm³/mol. The molecule has 1 saturated heterocycles. The number of piperazine rings is 1. The maximum absolute atomic E-state index is 12.7. The number of carbonyl (C=O) groups excluding carboxylic acids is 2. The summed E-state index contributed by atoms with van der Waals surface area (Å²) in [6, 6.07) is 8.97. The summed E-state index contributed by atoms with van der Waals surface area (Å²) in [6.45, 7) is 6.37. The van der Waals surface area contributed by atoms with Crippen LogP contribution in [0.4, 0.5) is 0 Å². The van der Waals surface area contributed by atoms with E-state index in [4.69, 9.17) is 5.21 Å². The van der Waals surface area contributed by atoms with Crippen LogP contribution in [-0.4, -0.2) is 62.2 Å². The van der Waals surface area contributed by atoms with Gasteiger partial charge in [-0.3, -0.25) is 24.8 Å². The van der Waals surface area contributed by atoms with Gasteiger partial charge in [-0.05, 0) is 37.6 Å². The van der Waals surface area contributed by atoms with Gasteiger partial charge in [0.2, 0.25) is 0 Å². The highest BCUT2D eigenvalue weighted by atomic mass is 16.5. The van der Waals surface area contributed by atoms with Crippen LogP contribution in [-0.2, 0) is 6.54 Å². The Morgan fingerprint density at radius 2 is 1.85 bits per heavy atom. The van der Waals surface area contributed by atoms with E-state index in [0.29, 0.717) is 11.3 Å². The maximum atomic E-state index is 12.7. The number of aromatic amines is 1. The van der Waals surface area contributed by atoms with Crippen LogP contribution in [0, 0.1) is 0 Å². The first-order valence-corrected chi connectivity index (χ1v) is 8.57. The molecule has 3 rings (SSSR count). The number of nitrogens with one attached hydrogen (secondary N) is 2. The summed E-state index contributed by atoms with van der Waals surface area (Å²) in [4.78, 5) is 28.2. The molecule has 2 aromatic rings. The van der Waals surface area contributed by atoms with E-state index in [1.165, 1.54) is 0 Å². The van der Waals surface area contributed by atoms with E-state index >= 15 is 0 Å². The van der Waals surface area contributed by atoms with Crippen LogP contribution in [0.5, 0.6) is 0 Å². The van der Waals surface area contributed by atoms with Gasteiger partial charge in [0.1, 0.15) is 5.69 Å². The normalized spacial score (nSPS) is 20.8. The number of aromatic nitrogens is 2. The Bertz CT molecular complexity index is 748. The minimum Gasteiger partial charge on any atom is -0.329 e. The summed E-state index contributed by atoms with van der Waals surface area (Å²) in [5.74, 6) is -0.550. The molecule has 1 aromatic heterocycles. The van der Waals surface area contributed by atoms with Gasteiger partial charge in [-0.2, -0.15) is 5.10 Å². The topological polar surface area (TPSA) is 102 Å². The smallest absolute Gasteiger partial charge is 0.274 e. The molecule has 0 spiro atoms. The third-order valence-electron chi connectivity index (χ3n) is 4.68. The van der Waals surface area contributed by atoms with Gasteiger partial charge in [0.15, 0.2) is 0 Å². The molecule has 2 atom stereocenters. The highest BCUT2D eigenvalue weighted by molar-refractivity contribution is 5.93. The minimum atomic E-state index is -0.523. The summed E-state index contributed by atoms with van der Waals surface area (Å²) in [5, 5.41) is 15.3. The van der Waals surface area contributed by atoms with Gasteiger partial charge in [0.25, 0.3) is 11.8 Å². The molecular formula is C18H23N5O3. The van der Waals surface area contributed by atoms with Gasteiger partial charge in [-0.25, -0.2) is 5.48 Å². The number of hydroxylamine groups is 1. The summed E-state index contributed by atoms with van der Waals surface area (Å²) >= 11 is 0. The van der Waals surface area contributed by atoms with Gasteiger partial charge in [-0.15, -0.1) is 0 Å². The molecule has 0 unspecified atom stereocenters. The highest BCUT2D eigenvalue weighted by Gasteiger charge is 2.33. The van der Waals surface area contributed by atoms with Crippen molar-refractivity contribution >= 4 is 11.8 Å². The average molecular weight is 357 g/mol. The van der Waals surface area contributed by atoms with Gasteiger partial charge in [0, 0.05) is 43.5 Å². The van der Waals surface area contributed by atoms with Crippen molar-refractivity contribution in [2.24, 2.45) is 0 Å². The molecule has 2 amide bonds. The Kier molecular flexibility index (Phi) is 5.34. The second-order valence-electron chi connectivity index (χ2n) is 6.71. The molecule has 1 aliphatic rings. The fourth-order valence-corrected chi connectivity index (χ4v) is 3.56. The minimum absolute atomic E-state index is 0.0264. The van der Waals surface area contributed by atoms with Crippen LogP contribution in [0.3, 0.4) is 0 Å². The second-order valence-corrected chi connectivity index (χ2v) is 6.71. The Hall–Kier alpha value is -2.71. The molecule has 1 aliphatic heterocycles. The summed E-state index contributed by atoms with van der Waals surface area (Å²) in [6.07, 6.45) is 1.58. The maximum Gasteiger partial charge on any atom is 0.274 e. The van der Waals surface area contributed by atoms with Crippen molar-refractivity contribution in [3.8, 4) is 0 Å². The number of hydrogen-bond acceptors (Lipinski definition) is 5. The number of H-pyrrole nitrogens is 1. The van der Waals surface area contributed by atoms with Crippen molar-refractivity contribution < 1.29 is 14.8 Å². The fraction of sp³-hybridized carbons (Fsp3) is 0.389. The molecule has 1 fully saturated rings. The zero-order valence-corrected chi connectivity index (χ0v) is 14.8. The number of carbonyl (C=O) groups is 2. The molecule has 0 aliphatic carbocycles. The van der Waals surface area contributed by atoms with E-state index in [1.54, 1.807) is 29.9 Å². The third-order valence-corrected chi connectivity index (χ3v) is 4.68. The molecule has 8 nitrogen and oxygen atoms in total. The van der Waals surface area contributed by atoms with Gasteiger partial charge >= 0.3 is 0 Å². The number of nitrogens with zero attached hydrogens (tertiary/aromatic N) is 3. The third kappa shape index (κ3) is 3.76. The van der Waals surface area contributed by atoms with Crippen molar-refractivity contribution in [3.63, 3.8) is 0 Å². The lowest BCUT2D eigenvalue weighted by Gasteiger charge is -2.44. The number of rotatable bonds is 4. The monoisotopic (exact) mass is 357 g/mol. The van der Waals surface area contributed by atoms with Crippen LogP contribution in [0.1, 0.15) is 40.3 Å². The van der Waals surface area contributed by atoms with Crippen LogP contribution < -0.4 is 5.48 Å². The standard InChI is InChI=1S/C18H23N5O3/c1-12-9-22(11-14-3-5-15(6-4-14)17(24)21-26)10-13(2)23(12)18(25)16-7-8-19-20-16/h3-8,12-13,26H,9-11H2,1-2H3,(H,19,20)(H,21,24)/t12-,13+. The van der Waals surface area contributed by atoms with E-state index in [0.717, 1.165) is 25.2 Å². The molecule has 8 heteroatoms. The van der Waals surface area contributed by atoms with Crippen molar-refractivity contribution in [2.45, 2.75) is 32.5 Å². The largest absolute Gasteiger partial charge is 0.329 e. The van der Waals surface area contributed by atoms with E-state index < -0.39 is 5.91 Å². The van der Waals surface area contributed by atoms with Crippen LogP contribution in [0.25, 0.3) is 0 Å². The molecule has 2 heterocycles. The van der Waals surface area contributed by atoms with E-state index in [1.807, 2.05) is 30.9 Å². The lowest BCUT2D eigenvalue weighted by molar-refractivity contribution is 0.0263. The quantitative estimate of drug-likeness (QED) is 0.565. The SMILES string of the molecule is C[C@@H]1CN(Cc2ccc(C(=O)NO)cc2)C[C@H](C)N1C(=O)c1ccn[nH]1. The zero-order chi connectivity index (χ0) is 18.7. The molecule has 0 saturated carbocycles. The number of hydrogen-bond donors (Lipinski definition) is 3. The molecule has 0 bridgehead atoms. The molecule has 138 valence electrons. The first-order chi connectivity index (χ1) is 12.5. The van der Waals surface area contributed by atoms with Crippen molar-refractivity contribution in [3.05, 3.63) is 53.3 Å². The lowest BCUT2D eigenvalue weighted by atomic mass is 10.1. The summed E-state index contributed by atoms with van der Waals surface area (Å²) in [7, 11) is 0. The average Bonchev–Trinajstić information content (AvgIpc) is 3.15. The van der Waals surface area contributed by atoms with Crippen LogP contribution >= 0.6 is 0 Å². The van der Waals surface area contributed by atoms with Crippen LogP contribution in [0.15, 0.2) is 36.5 Å². The molecule has 3 N–H and O–H groups in total. The van der Waals surface area contributed by atoms with Crippen molar-refractivity contribution in [1.82, 2.24) is 25.5 Å². The highest BCUT2D eigenvalue weighted by Crippen LogP contribution is 2.20. The predicted octanol–water partition coefficient (Wildman–Crippen LogP) is 1.26. The van der Waals surface area contributed by atoms with Gasteiger partial charge < -0.3 is 4.90 Å². The molecule has 0 radical (unpaired) electrons. The number of amides is 2. The molecule has 26 heavy (non-hydrogen) atoms. The zero-order valence-electron chi connectivity index (χ0n) is 14.8. The Labute approximate surface area is 151 Å². The van der Waals surface area contributed by atoms with Crippen molar-refractivity contribution in [2.75, 3.05) is 13.1 Å². The Morgan fingerprint density at radius 3 is 2.38 bits per heavy atom.